The van der Waals surface area contributed by atoms with Crippen LogP contribution in [-0.4, -0.2) is 16.1 Å². The van der Waals surface area contributed by atoms with Crippen molar-refractivity contribution in [3.63, 3.8) is 0 Å². The average Bonchev–Trinajstić information content (AvgIpc) is 2.04. The van der Waals surface area contributed by atoms with E-state index in [1.54, 1.807) is 6.07 Å². The van der Waals surface area contributed by atoms with Crippen LogP contribution in [0, 0.1) is 0 Å². The van der Waals surface area contributed by atoms with Crippen LogP contribution in [0.5, 0.6) is 0 Å². The molecule has 3 nitrogen and oxygen atoms in total. The standard InChI is InChI=1S/C9H10ClNO2/c1-2-3-6-4-5-11-8(10)7(6)9(12)13/h4-5H,2-3H2,1H3,(H,12,13). The van der Waals surface area contributed by atoms with Crippen molar-refractivity contribution in [2.75, 3.05) is 0 Å². The lowest BCUT2D eigenvalue weighted by Crippen LogP contribution is -2.04. The van der Waals surface area contributed by atoms with Crippen LogP contribution in [0.4, 0.5) is 0 Å². The monoisotopic (exact) mass is 199 g/mol. The van der Waals surface area contributed by atoms with Crippen LogP contribution in [-0.2, 0) is 6.42 Å². The zero-order valence-electron chi connectivity index (χ0n) is 7.25. The van der Waals surface area contributed by atoms with Crippen molar-refractivity contribution in [3.8, 4) is 0 Å². The van der Waals surface area contributed by atoms with Crippen LogP contribution in [0.15, 0.2) is 12.3 Å². The van der Waals surface area contributed by atoms with Gasteiger partial charge in [0.1, 0.15) is 5.15 Å². The van der Waals surface area contributed by atoms with Crippen LogP contribution in [0.1, 0.15) is 29.3 Å². The van der Waals surface area contributed by atoms with E-state index in [1.807, 2.05) is 6.92 Å². The van der Waals surface area contributed by atoms with Crippen molar-refractivity contribution in [3.05, 3.63) is 28.5 Å². The lowest BCUT2D eigenvalue weighted by molar-refractivity contribution is 0.0695. The molecular weight excluding hydrogens is 190 g/mol. The van der Waals surface area contributed by atoms with Crippen molar-refractivity contribution in [1.82, 2.24) is 4.98 Å². The predicted molar refractivity (Wildman–Crippen MR) is 50.2 cm³/mol. The Balaban J connectivity index is 3.17. The summed E-state index contributed by atoms with van der Waals surface area (Å²) < 4.78 is 0. The van der Waals surface area contributed by atoms with Gasteiger partial charge in [-0.1, -0.05) is 24.9 Å². The number of hydrogen-bond donors (Lipinski definition) is 1. The number of aromatic nitrogens is 1. The minimum atomic E-state index is -1.01. The molecule has 1 aromatic rings. The third-order valence-electron chi connectivity index (χ3n) is 1.72. The summed E-state index contributed by atoms with van der Waals surface area (Å²) >= 11 is 5.67. The largest absolute Gasteiger partial charge is 0.478 e. The molecule has 0 unspecified atom stereocenters. The van der Waals surface area contributed by atoms with Crippen LogP contribution in [0.2, 0.25) is 5.15 Å². The number of rotatable bonds is 3. The van der Waals surface area contributed by atoms with Gasteiger partial charge in [-0.05, 0) is 18.1 Å². The Bertz CT molecular complexity index is 325. The first-order chi connectivity index (χ1) is 6.16. The van der Waals surface area contributed by atoms with Crippen molar-refractivity contribution < 1.29 is 9.90 Å². The molecule has 0 aromatic carbocycles. The molecule has 0 aliphatic heterocycles. The highest BCUT2D eigenvalue weighted by atomic mass is 35.5. The highest BCUT2D eigenvalue weighted by molar-refractivity contribution is 6.32. The molecule has 0 saturated heterocycles. The summed E-state index contributed by atoms with van der Waals surface area (Å²) in [6.07, 6.45) is 3.13. The van der Waals surface area contributed by atoms with Gasteiger partial charge in [-0.2, -0.15) is 0 Å². The topological polar surface area (TPSA) is 50.2 Å². The van der Waals surface area contributed by atoms with E-state index in [2.05, 4.69) is 4.98 Å². The van der Waals surface area contributed by atoms with Gasteiger partial charge < -0.3 is 5.11 Å². The average molecular weight is 200 g/mol. The lowest BCUT2D eigenvalue weighted by Gasteiger charge is -2.04. The fraction of sp³-hybridized carbons (Fsp3) is 0.333. The summed E-state index contributed by atoms with van der Waals surface area (Å²) in [7, 11) is 0. The first-order valence-electron chi connectivity index (χ1n) is 4.03. The van der Waals surface area contributed by atoms with Gasteiger partial charge >= 0.3 is 5.97 Å². The molecule has 0 bridgehead atoms. The van der Waals surface area contributed by atoms with E-state index >= 15 is 0 Å². The van der Waals surface area contributed by atoms with Crippen LogP contribution in [0.3, 0.4) is 0 Å². The Morgan fingerprint density at radius 2 is 2.38 bits per heavy atom. The van der Waals surface area contributed by atoms with Gasteiger partial charge in [0.05, 0.1) is 5.56 Å². The number of pyridine rings is 1. The first-order valence-corrected chi connectivity index (χ1v) is 4.41. The third-order valence-corrected chi connectivity index (χ3v) is 2.01. The van der Waals surface area contributed by atoms with Gasteiger partial charge in [0.25, 0.3) is 0 Å². The highest BCUT2D eigenvalue weighted by Crippen LogP contribution is 2.18. The fourth-order valence-corrected chi connectivity index (χ4v) is 1.43. The maximum Gasteiger partial charge on any atom is 0.339 e. The van der Waals surface area contributed by atoms with Crippen molar-refractivity contribution in [2.24, 2.45) is 0 Å². The molecular formula is C9H10ClNO2. The van der Waals surface area contributed by atoms with Crippen LogP contribution >= 0.6 is 11.6 Å². The number of nitrogens with zero attached hydrogens (tertiary/aromatic N) is 1. The Morgan fingerprint density at radius 3 is 2.92 bits per heavy atom. The maximum atomic E-state index is 10.8. The van der Waals surface area contributed by atoms with E-state index in [-0.39, 0.29) is 10.7 Å². The van der Waals surface area contributed by atoms with Gasteiger partial charge in [-0.15, -0.1) is 0 Å². The minimum absolute atomic E-state index is 0.0680. The zero-order valence-corrected chi connectivity index (χ0v) is 8.01. The number of carboxylic acid groups (broad SMARTS) is 1. The Hall–Kier alpha value is -1.09. The van der Waals surface area contributed by atoms with E-state index in [0.717, 1.165) is 12.0 Å². The molecule has 0 aliphatic rings. The fourth-order valence-electron chi connectivity index (χ4n) is 1.18. The summed E-state index contributed by atoms with van der Waals surface area (Å²) in [6, 6.07) is 1.69. The number of aryl methyl sites for hydroxylation is 1. The van der Waals surface area contributed by atoms with Gasteiger partial charge in [-0.25, -0.2) is 9.78 Å². The van der Waals surface area contributed by atoms with E-state index in [4.69, 9.17) is 16.7 Å². The van der Waals surface area contributed by atoms with Crippen LogP contribution in [0.25, 0.3) is 0 Å². The molecule has 0 aliphatic carbocycles. The SMILES string of the molecule is CCCc1ccnc(Cl)c1C(=O)O. The Labute approximate surface area is 81.4 Å². The van der Waals surface area contributed by atoms with E-state index in [1.165, 1.54) is 6.20 Å². The summed E-state index contributed by atoms with van der Waals surface area (Å²) in [5, 5.41) is 8.92. The molecule has 4 heteroatoms. The molecule has 0 atom stereocenters. The highest BCUT2D eigenvalue weighted by Gasteiger charge is 2.14. The van der Waals surface area contributed by atoms with E-state index < -0.39 is 5.97 Å². The van der Waals surface area contributed by atoms with Gasteiger partial charge in [0, 0.05) is 6.20 Å². The molecule has 1 aromatic heterocycles. The molecule has 70 valence electrons. The molecule has 1 heterocycles. The molecule has 1 rings (SSSR count). The van der Waals surface area contributed by atoms with Gasteiger partial charge in [0.15, 0.2) is 0 Å². The predicted octanol–water partition coefficient (Wildman–Crippen LogP) is 2.39. The lowest BCUT2D eigenvalue weighted by atomic mass is 10.1. The van der Waals surface area contributed by atoms with Gasteiger partial charge in [-0.3, -0.25) is 0 Å². The number of aromatic carboxylic acids is 1. The maximum absolute atomic E-state index is 10.8. The molecule has 0 amide bonds. The van der Waals surface area contributed by atoms with Crippen molar-refractivity contribution in [2.45, 2.75) is 19.8 Å². The summed E-state index contributed by atoms with van der Waals surface area (Å²) in [5.41, 5.74) is 0.876. The third kappa shape index (κ3) is 2.18. The normalized spacial score (nSPS) is 10.0. The molecule has 0 radical (unpaired) electrons. The Morgan fingerprint density at radius 1 is 1.69 bits per heavy atom. The van der Waals surface area contributed by atoms with Crippen molar-refractivity contribution in [1.29, 1.82) is 0 Å². The zero-order chi connectivity index (χ0) is 9.84. The molecule has 13 heavy (non-hydrogen) atoms. The van der Waals surface area contributed by atoms with E-state index in [0.29, 0.717) is 6.42 Å². The first kappa shape index (κ1) is 9.99. The number of carboxylic acids is 1. The summed E-state index contributed by atoms with van der Waals surface area (Å²) in [6.45, 7) is 1.99. The van der Waals surface area contributed by atoms with Gasteiger partial charge in [0.2, 0.25) is 0 Å². The Kier molecular flexibility index (Phi) is 3.25. The quantitative estimate of drug-likeness (QED) is 0.761. The second-order valence-electron chi connectivity index (χ2n) is 2.69. The molecule has 0 fully saturated rings. The number of hydrogen-bond acceptors (Lipinski definition) is 2. The minimum Gasteiger partial charge on any atom is -0.478 e. The second kappa shape index (κ2) is 4.23. The van der Waals surface area contributed by atoms with Crippen LogP contribution < -0.4 is 0 Å². The molecule has 0 saturated carbocycles. The summed E-state index contributed by atoms with van der Waals surface area (Å²) in [5.74, 6) is -1.01. The molecule has 1 N–H and O–H groups in total. The smallest absolute Gasteiger partial charge is 0.339 e. The molecule has 0 spiro atoms. The van der Waals surface area contributed by atoms with E-state index in [9.17, 15) is 4.79 Å². The summed E-state index contributed by atoms with van der Waals surface area (Å²) in [4.78, 5) is 14.5. The number of halogens is 1. The number of carbonyl (C=O) groups is 1. The second-order valence-corrected chi connectivity index (χ2v) is 3.05. The van der Waals surface area contributed by atoms with Crippen molar-refractivity contribution >= 4 is 17.6 Å².